The summed E-state index contributed by atoms with van der Waals surface area (Å²) in [5.74, 6) is -0.279. The van der Waals surface area contributed by atoms with E-state index in [0.29, 0.717) is 13.0 Å². The number of carbonyl (C=O) groups is 2. The molecule has 2 amide bonds. The fraction of sp³-hybridized carbons (Fsp3) is 0.257. The number of nitrogens with one attached hydrogen (secondary N) is 1. The highest BCUT2D eigenvalue weighted by molar-refractivity contribution is 5.88. The van der Waals surface area contributed by atoms with Gasteiger partial charge in [0.25, 0.3) is 0 Å². The van der Waals surface area contributed by atoms with Crippen molar-refractivity contribution < 1.29 is 9.59 Å². The zero-order chi connectivity index (χ0) is 27.5. The van der Waals surface area contributed by atoms with E-state index in [1.807, 2.05) is 111 Å². The Hall–Kier alpha value is -4.18. The molecule has 0 radical (unpaired) electrons. The molecular weight excluding hydrogens is 480 g/mol. The molecular formula is C35H38N2O2. The highest BCUT2D eigenvalue weighted by Gasteiger charge is 2.32. The standard InChI is InChI=1S/C35H38N2O2/c1-3-27(2)36-35(39)33(24-28-16-8-4-9-17-28)37(26-29-18-10-5-11-19-29)34(38)25-32(30-20-12-6-13-21-30)31-22-14-7-15-23-31/h4-23,27,32-33H,3,24-26H2,1-2H3,(H,36,39)/t27-,33+/m1/s1. The van der Waals surface area contributed by atoms with E-state index in [9.17, 15) is 9.59 Å². The number of carbonyl (C=O) groups excluding carboxylic acids is 2. The molecule has 0 aromatic heterocycles. The van der Waals surface area contributed by atoms with Crippen molar-refractivity contribution in [2.45, 2.75) is 57.7 Å². The van der Waals surface area contributed by atoms with E-state index in [2.05, 4.69) is 29.6 Å². The van der Waals surface area contributed by atoms with Gasteiger partial charge in [-0.1, -0.05) is 128 Å². The van der Waals surface area contributed by atoms with Crippen LogP contribution in [0.15, 0.2) is 121 Å². The van der Waals surface area contributed by atoms with E-state index in [1.165, 1.54) is 0 Å². The molecule has 4 rings (SSSR count). The summed E-state index contributed by atoms with van der Waals surface area (Å²) in [5, 5.41) is 3.15. The summed E-state index contributed by atoms with van der Waals surface area (Å²) in [6.07, 6.45) is 1.53. The van der Waals surface area contributed by atoms with Crippen molar-refractivity contribution in [3.05, 3.63) is 144 Å². The van der Waals surface area contributed by atoms with Crippen LogP contribution in [0.2, 0.25) is 0 Å². The zero-order valence-electron chi connectivity index (χ0n) is 22.9. The third-order valence-corrected chi connectivity index (χ3v) is 7.25. The van der Waals surface area contributed by atoms with E-state index in [-0.39, 0.29) is 30.2 Å². The summed E-state index contributed by atoms with van der Waals surface area (Å²) >= 11 is 0. The van der Waals surface area contributed by atoms with Crippen LogP contribution in [-0.4, -0.2) is 28.8 Å². The van der Waals surface area contributed by atoms with Crippen LogP contribution in [0, 0.1) is 0 Å². The molecule has 0 aliphatic carbocycles. The molecule has 4 aromatic rings. The lowest BCUT2D eigenvalue weighted by Gasteiger charge is -2.33. The molecule has 0 saturated heterocycles. The van der Waals surface area contributed by atoms with Gasteiger partial charge >= 0.3 is 0 Å². The first-order valence-electron chi connectivity index (χ1n) is 13.8. The molecule has 0 spiro atoms. The average molecular weight is 519 g/mol. The number of rotatable bonds is 12. The van der Waals surface area contributed by atoms with Crippen molar-refractivity contribution in [2.24, 2.45) is 0 Å². The molecule has 4 nitrogen and oxygen atoms in total. The van der Waals surface area contributed by atoms with E-state index < -0.39 is 6.04 Å². The Bertz CT molecular complexity index is 1250. The molecule has 0 saturated carbocycles. The van der Waals surface area contributed by atoms with Gasteiger partial charge in [0, 0.05) is 31.3 Å². The van der Waals surface area contributed by atoms with Crippen LogP contribution < -0.4 is 5.32 Å². The number of nitrogens with zero attached hydrogens (tertiary/aromatic N) is 1. The van der Waals surface area contributed by atoms with Gasteiger partial charge in [-0.3, -0.25) is 9.59 Å². The first kappa shape index (κ1) is 27.8. The summed E-state index contributed by atoms with van der Waals surface area (Å²) in [6, 6.07) is 39.6. The largest absolute Gasteiger partial charge is 0.352 e. The molecule has 1 N–H and O–H groups in total. The van der Waals surface area contributed by atoms with Gasteiger partial charge < -0.3 is 10.2 Å². The van der Waals surface area contributed by atoms with Crippen molar-refractivity contribution in [2.75, 3.05) is 0 Å². The highest BCUT2D eigenvalue weighted by atomic mass is 16.2. The van der Waals surface area contributed by atoms with Gasteiger partial charge in [-0.05, 0) is 35.6 Å². The molecule has 0 aliphatic heterocycles. The second-order valence-corrected chi connectivity index (χ2v) is 10.1. The monoisotopic (exact) mass is 518 g/mol. The van der Waals surface area contributed by atoms with Crippen molar-refractivity contribution in [1.82, 2.24) is 10.2 Å². The summed E-state index contributed by atoms with van der Waals surface area (Å²) in [6.45, 7) is 4.41. The Kier molecular flexibility index (Phi) is 10.1. The average Bonchev–Trinajstić information content (AvgIpc) is 2.99. The van der Waals surface area contributed by atoms with Gasteiger partial charge in [0.1, 0.15) is 6.04 Å². The second kappa shape index (κ2) is 14.1. The van der Waals surface area contributed by atoms with Crippen LogP contribution in [0.4, 0.5) is 0 Å². The summed E-state index contributed by atoms with van der Waals surface area (Å²) in [4.78, 5) is 29.9. The van der Waals surface area contributed by atoms with E-state index >= 15 is 0 Å². The van der Waals surface area contributed by atoms with Crippen molar-refractivity contribution in [3.63, 3.8) is 0 Å². The third kappa shape index (κ3) is 7.90. The molecule has 4 aromatic carbocycles. The van der Waals surface area contributed by atoms with Gasteiger partial charge in [-0.2, -0.15) is 0 Å². The van der Waals surface area contributed by atoms with Gasteiger partial charge in [-0.25, -0.2) is 0 Å². The second-order valence-electron chi connectivity index (χ2n) is 10.1. The lowest BCUT2D eigenvalue weighted by molar-refractivity contribution is -0.141. The summed E-state index contributed by atoms with van der Waals surface area (Å²) < 4.78 is 0. The van der Waals surface area contributed by atoms with E-state index in [4.69, 9.17) is 0 Å². The molecule has 0 unspecified atom stereocenters. The Balaban J connectivity index is 1.72. The van der Waals surface area contributed by atoms with E-state index in [1.54, 1.807) is 4.90 Å². The van der Waals surface area contributed by atoms with Crippen molar-refractivity contribution in [3.8, 4) is 0 Å². The third-order valence-electron chi connectivity index (χ3n) is 7.25. The predicted molar refractivity (Wildman–Crippen MR) is 158 cm³/mol. The maximum atomic E-state index is 14.3. The van der Waals surface area contributed by atoms with Crippen LogP contribution in [-0.2, 0) is 22.6 Å². The van der Waals surface area contributed by atoms with Gasteiger partial charge in [-0.15, -0.1) is 0 Å². The minimum absolute atomic E-state index is 0.0193. The minimum atomic E-state index is -0.638. The number of hydrogen-bond acceptors (Lipinski definition) is 2. The fourth-order valence-corrected chi connectivity index (χ4v) is 4.87. The fourth-order valence-electron chi connectivity index (χ4n) is 4.87. The predicted octanol–water partition coefficient (Wildman–Crippen LogP) is 6.76. The van der Waals surface area contributed by atoms with Crippen LogP contribution >= 0.6 is 0 Å². The van der Waals surface area contributed by atoms with Crippen molar-refractivity contribution in [1.29, 1.82) is 0 Å². The Labute approximate surface area is 232 Å². The SMILES string of the molecule is CC[C@@H](C)NC(=O)[C@H](Cc1ccccc1)N(Cc1ccccc1)C(=O)CC(c1ccccc1)c1ccccc1. The molecule has 0 bridgehead atoms. The van der Waals surface area contributed by atoms with Crippen LogP contribution in [0.1, 0.15) is 54.9 Å². The quantitative estimate of drug-likeness (QED) is 0.225. The lowest BCUT2D eigenvalue weighted by atomic mass is 9.87. The van der Waals surface area contributed by atoms with Crippen molar-refractivity contribution >= 4 is 11.8 Å². The normalized spacial score (nSPS) is 12.5. The maximum absolute atomic E-state index is 14.3. The smallest absolute Gasteiger partial charge is 0.243 e. The first-order valence-corrected chi connectivity index (χ1v) is 13.8. The number of benzene rings is 4. The first-order chi connectivity index (χ1) is 19.0. The van der Waals surface area contributed by atoms with Crippen LogP contribution in [0.25, 0.3) is 0 Å². The Morgan fingerprint density at radius 3 is 1.64 bits per heavy atom. The summed E-state index contributed by atoms with van der Waals surface area (Å²) in [5.41, 5.74) is 4.19. The lowest BCUT2D eigenvalue weighted by Crippen LogP contribution is -2.52. The molecule has 4 heteroatoms. The number of amides is 2. The maximum Gasteiger partial charge on any atom is 0.243 e. The molecule has 39 heavy (non-hydrogen) atoms. The molecule has 0 fully saturated rings. The summed E-state index contributed by atoms with van der Waals surface area (Å²) in [7, 11) is 0. The minimum Gasteiger partial charge on any atom is -0.352 e. The topological polar surface area (TPSA) is 49.4 Å². The number of hydrogen-bond donors (Lipinski definition) is 1. The van der Waals surface area contributed by atoms with Crippen LogP contribution in [0.3, 0.4) is 0 Å². The van der Waals surface area contributed by atoms with Gasteiger partial charge in [0.05, 0.1) is 0 Å². The van der Waals surface area contributed by atoms with E-state index in [0.717, 1.165) is 28.7 Å². The van der Waals surface area contributed by atoms with Crippen LogP contribution in [0.5, 0.6) is 0 Å². The molecule has 0 aliphatic rings. The van der Waals surface area contributed by atoms with Gasteiger partial charge in [0.2, 0.25) is 11.8 Å². The Morgan fingerprint density at radius 1 is 0.692 bits per heavy atom. The molecule has 200 valence electrons. The molecule has 2 atom stereocenters. The Morgan fingerprint density at radius 2 is 1.15 bits per heavy atom. The zero-order valence-corrected chi connectivity index (χ0v) is 22.9. The molecule has 0 heterocycles. The van der Waals surface area contributed by atoms with Gasteiger partial charge in [0.15, 0.2) is 0 Å². The highest BCUT2D eigenvalue weighted by Crippen LogP contribution is 2.30.